The Morgan fingerprint density at radius 2 is 0.964 bits per heavy atom. The summed E-state index contributed by atoms with van der Waals surface area (Å²) in [7, 11) is 0. The van der Waals surface area contributed by atoms with Crippen molar-refractivity contribution in [1.29, 1.82) is 0 Å². The molecule has 0 aliphatic heterocycles. The maximum absolute atomic E-state index is 10.8. The number of carbonyl (C=O) groups is 2. The zero-order valence-corrected chi connectivity index (χ0v) is 20.1. The van der Waals surface area contributed by atoms with Crippen molar-refractivity contribution in [3.8, 4) is 0 Å². The Labute approximate surface area is 206 Å². The van der Waals surface area contributed by atoms with Crippen molar-refractivity contribution in [3.63, 3.8) is 0 Å². The van der Waals surface area contributed by atoms with Gasteiger partial charge >= 0.3 is 59.1 Å². The molecule has 4 aromatic rings. The summed E-state index contributed by atoms with van der Waals surface area (Å²) in [5.41, 5.74) is 1.97. The van der Waals surface area contributed by atoms with Gasteiger partial charge in [-0.1, -0.05) is 48.5 Å². The molecule has 0 saturated carbocycles. The molecule has 4 aromatic carbocycles. The number of benzene rings is 4. The minimum absolute atomic E-state index is 0. The summed E-state index contributed by atoms with van der Waals surface area (Å²) < 4.78 is 0. The smallest absolute Gasteiger partial charge is 0.550 e. The standard InChI is InChI=1S/C22H18O4.2Na/c23-19(24)11-7-13-1-3-15-5-10-18-14(8-12-20(25)26)2-4-16-6-9-17(13)21(15)22(16)18;;/h1-6,9-10H,7-8,11-12H2,(H,23,24)(H,25,26);;/q;2*+1/p-2. The number of hydrogen-bond acceptors (Lipinski definition) is 4. The van der Waals surface area contributed by atoms with Gasteiger partial charge in [-0.05, 0) is 69.1 Å². The zero-order chi connectivity index (χ0) is 18.3. The van der Waals surface area contributed by atoms with E-state index in [0.717, 1.165) is 43.4 Å². The molecule has 0 atom stereocenters. The second-order valence-electron chi connectivity index (χ2n) is 6.62. The maximum atomic E-state index is 10.8. The van der Waals surface area contributed by atoms with Gasteiger partial charge in [-0.3, -0.25) is 0 Å². The SMILES string of the molecule is O=C([O-])CCc1ccc2ccc3c(CCC(=O)[O-])ccc4ccc1c2c43.[Na+].[Na+]. The van der Waals surface area contributed by atoms with Gasteiger partial charge in [0.25, 0.3) is 0 Å². The largest absolute Gasteiger partial charge is 1.00 e. The van der Waals surface area contributed by atoms with Crippen LogP contribution in [-0.2, 0) is 22.4 Å². The Balaban J connectivity index is 0.00000140. The molecule has 28 heavy (non-hydrogen) atoms. The Kier molecular flexibility index (Phi) is 7.91. The van der Waals surface area contributed by atoms with Crippen LogP contribution in [0.25, 0.3) is 32.3 Å². The molecule has 0 bridgehead atoms. The summed E-state index contributed by atoms with van der Waals surface area (Å²) in [6, 6.07) is 16.1. The molecule has 0 aliphatic carbocycles. The zero-order valence-electron chi connectivity index (χ0n) is 16.1. The molecule has 0 N–H and O–H groups in total. The van der Waals surface area contributed by atoms with E-state index in [4.69, 9.17) is 0 Å². The first-order valence-electron chi connectivity index (χ1n) is 8.62. The predicted molar refractivity (Wildman–Crippen MR) is 96.8 cm³/mol. The van der Waals surface area contributed by atoms with Crippen LogP contribution in [0.5, 0.6) is 0 Å². The van der Waals surface area contributed by atoms with Crippen molar-refractivity contribution in [2.75, 3.05) is 0 Å². The molecule has 130 valence electrons. The number of carbonyl (C=O) groups excluding carboxylic acids is 2. The Morgan fingerprint density at radius 3 is 1.32 bits per heavy atom. The maximum Gasteiger partial charge on any atom is 1.00 e. The number of rotatable bonds is 6. The van der Waals surface area contributed by atoms with Crippen LogP contribution in [0.3, 0.4) is 0 Å². The molecule has 0 radical (unpaired) electrons. The van der Waals surface area contributed by atoms with E-state index >= 15 is 0 Å². The van der Waals surface area contributed by atoms with Gasteiger partial charge in [-0.25, -0.2) is 0 Å². The van der Waals surface area contributed by atoms with E-state index in [1.54, 1.807) is 0 Å². The van der Waals surface area contributed by atoms with E-state index < -0.39 is 11.9 Å². The third-order valence-electron chi connectivity index (χ3n) is 5.04. The first kappa shape index (κ1) is 23.1. The fourth-order valence-electron chi connectivity index (χ4n) is 3.83. The van der Waals surface area contributed by atoms with E-state index in [-0.39, 0.29) is 72.0 Å². The summed E-state index contributed by atoms with van der Waals surface area (Å²) in [5.74, 6) is -2.11. The summed E-state index contributed by atoms with van der Waals surface area (Å²) >= 11 is 0. The second-order valence-corrected chi connectivity index (χ2v) is 6.62. The van der Waals surface area contributed by atoms with Crippen molar-refractivity contribution < 1.29 is 78.9 Å². The van der Waals surface area contributed by atoms with E-state index in [1.807, 2.05) is 48.5 Å². The summed E-state index contributed by atoms with van der Waals surface area (Å²) in [6.07, 6.45) is 0.823. The molecule has 6 heteroatoms. The first-order chi connectivity index (χ1) is 12.5. The number of carboxylic acids is 2. The normalized spacial score (nSPS) is 10.7. The number of carboxylic acid groups (broad SMARTS) is 2. The first-order valence-corrected chi connectivity index (χ1v) is 8.62. The van der Waals surface area contributed by atoms with Crippen LogP contribution in [0.2, 0.25) is 0 Å². The molecule has 0 saturated heterocycles. The minimum Gasteiger partial charge on any atom is -0.550 e. The van der Waals surface area contributed by atoms with Gasteiger partial charge in [0.2, 0.25) is 0 Å². The van der Waals surface area contributed by atoms with Gasteiger partial charge in [-0.2, -0.15) is 0 Å². The second kappa shape index (κ2) is 9.57. The summed E-state index contributed by atoms with van der Waals surface area (Å²) in [5, 5.41) is 28.2. The van der Waals surface area contributed by atoms with Crippen LogP contribution in [-0.4, -0.2) is 11.9 Å². The van der Waals surface area contributed by atoms with Gasteiger partial charge < -0.3 is 19.8 Å². The molecule has 0 heterocycles. The Hall–Kier alpha value is -1.14. The number of aliphatic carboxylic acids is 2. The Morgan fingerprint density at radius 1 is 0.607 bits per heavy atom. The van der Waals surface area contributed by atoms with Gasteiger partial charge in [0.15, 0.2) is 0 Å². The average Bonchev–Trinajstić information content (AvgIpc) is 2.63. The molecular formula is C22H16Na2O4. The monoisotopic (exact) mass is 390 g/mol. The van der Waals surface area contributed by atoms with Gasteiger partial charge in [0.05, 0.1) is 0 Å². The van der Waals surface area contributed by atoms with Crippen LogP contribution < -0.4 is 69.3 Å². The van der Waals surface area contributed by atoms with Crippen LogP contribution in [0.1, 0.15) is 24.0 Å². The Bertz CT molecular complexity index is 1060. The molecule has 0 spiro atoms. The van der Waals surface area contributed by atoms with E-state index in [2.05, 4.69) is 0 Å². The van der Waals surface area contributed by atoms with Crippen molar-refractivity contribution >= 4 is 44.3 Å². The van der Waals surface area contributed by atoms with Crippen LogP contribution in [0.15, 0.2) is 48.5 Å². The van der Waals surface area contributed by atoms with Gasteiger partial charge in [0, 0.05) is 11.9 Å². The molecule has 0 unspecified atom stereocenters. The quantitative estimate of drug-likeness (QED) is 0.248. The molecule has 0 amide bonds. The molecule has 0 aliphatic rings. The molecule has 4 rings (SSSR count). The third-order valence-corrected chi connectivity index (χ3v) is 5.04. The average molecular weight is 390 g/mol. The fraction of sp³-hybridized carbons (Fsp3) is 0.182. The summed E-state index contributed by atoms with van der Waals surface area (Å²) in [4.78, 5) is 21.7. The van der Waals surface area contributed by atoms with Crippen LogP contribution >= 0.6 is 0 Å². The molecule has 0 aromatic heterocycles. The topological polar surface area (TPSA) is 80.3 Å². The minimum atomic E-state index is -1.06. The van der Waals surface area contributed by atoms with E-state index in [0.29, 0.717) is 12.8 Å². The van der Waals surface area contributed by atoms with Crippen molar-refractivity contribution in [3.05, 3.63) is 59.7 Å². The van der Waals surface area contributed by atoms with Crippen LogP contribution in [0.4, 0.5) is 0 Å². The van der Waals surface area contributed by atoms with Gasteiger partial charge in [0.1, 0.15) is 0 Å². The molecular weight excluding hydrogens is 374 g/mol. The van der Waals surface area contributed by atoms with Crippen molar-refractivity contribution in [2.24, 2.45) is 0 Å². The van der Waals surface area contributed by atoms with Crippen LogP contribution in [0, 0.1) is 0 Å². The molecule has 4 nitrogen and oxygen atoms in total. The van der Waals surface area contributed by atoms with E-state index in [9.17, 15) is 19.8 Å². The predicted octanol–water partition coefficient (Wildman–Crippen LogP) is -4.04. The van der Waals surface area contributed by atoms with Gasteiger partial charge in [-0.15, -0.1) is 0 Å². The molecule has 0 fully saturated rings. The van der Waals surface area contributed by atoms with Crippen molar-refractivity contribution in [1.82, 2.24) is 0 Å². The van der Waals surface area contributed by atoms with E-state index in [1.165, 1.54) is 0 Å². The number of hydrogen-bond donors (Lipinski definition) is 0. The summed E-state index contributed by atoms with van der Waals surface area (Å²) in [6.45, 7) is 0. The van der Waals surface area contributed by atoms with Crippen molar-refractivity contribution in [2.45, 2.75) is 25.7 Å². The fourth-order valence-corrected chi connectivity index (χ4v) is 3.83. The third kappa shape index (κ3) is 4.38. The number of aryl methyl sites for hydroxylation is 2.